The number of carbonyl (C=O) groups is 2. The van der Waals surface area contributed by atoms with E-state index in [4.69, 9.17) is 9.84 Å². The van der Waals surface area contributed by atoms with Gasteiger partial charge in [0.15, 0.2) is 0 Å². The maximum Gasteiger partial charge on any atom is 0.306 e. The highest BCUT2D eigenvalue weighted by Gasteiger charge is 2.31. The molecular weight excluding hydrogens is 294 g/mol. The number of anilines is 1. The van der Waals surface area contributed by atoms with Gasteiger partial charge in [-0.25, -0.2) is 0 Å². The van der Waals surface area contributed by atoms with Crippen LogP contribution in [0.5, 0.6) is 5.75 Å². The number of carboxylic acid groups (broad SMARTS) is 1. The Morgan fingerprint density at radius 1 is 1.26 bits per heavy atom. The zero-order valence-corrected chi connectivity index (χ0v) is 14.0. The van der Waals surface area contributed by atoms with Crippen molar-refractivity contribution >= 4 is 17.6 Å². The maximum atomic E-state index is 12.4. The first-order chi connectivity index (χ1) is 10.9. The predicted octanol–water partition coefficient (Wildman–Crippen LogP) is 3.61. The van der Waals surface area contributed by atoms with Crippen molar-refractivity contribution in [3.63, 3.8) is 0 Å². The number of aliphatic carboxylic acids is 1. The number of ether oxygens (including phenoxy) is 1. The van der Waals surface area contributed by atoms with Gasteiger partial charge in [0.25, 0.3) is 0 Å². The molecule has 0 saturated heterocycles. The summed E-state index contributed by atoms with van der Waals surface area (Å²) in [6, 6.07) is 5.55. The van der Waals surface area contributed by atoms with E-state index >= 15 is 0 Å². The average Bonchev–Trinajstić information content (AvgIpc) is 2.49. The minimum atomic E-state index is -0.798. The van der Waals surface area contributed by atoms with Crippen LogP contribution < -0.4 is 10.1 Å². The molecule has 2 unspecified atom stereocenters. The molecule has 0 heterocycles. The monoisotopic (exact) mass is 319 g/mol. The van der Waals surface area contributed by atoms with Gasteiger partial charge in [-0.3, -0.25) is 9.59 Å². The summed E-state index contributed by atoms with van der Waals surface area (Å²) in [4.78, 5) is 23.5. The van der Waals surface area contributed by atoms with Crippen molar-refractivity contribution in [3.05, 3.63) is 23.8 Å². The number of amides is 1. The molecule has 0 bridgehead atoms. The number of aryl methyl sites for hydroxylation is 1. The van der Waals surface area contributed by atoms with Crippen molar-refractivity contribution in [2.24, 2.45) is 11.8 Å². The van der Waals surface area contributed by atoms with Crippen LogP contribution in [0.4, 0.5) is 5.69 Å². The highest BCUT2D eigenvalue weighted by molar-refractivity contribution is 5.93. The second-order valence-electron chi connectivity index (χ2n) is 6.53. The lowest BCUT2D eigenvalue weighted by Crippen LogP contribution is -2.30. The standard InChI is InChI=1S/C18H25NO4/c1-11(2)23-16-8-7-15(9-12(16)3)19-17(20)13-5-4-6-14(10-13)18(21)22/h7-9,11,13-14H,4-6,10H2,1-3H3,(H,19,20)(H,21,22). The van der Waals surface area contributed by atoms with Crippen LogP contribution in [-0.4, -0.2) is 23.1 Å². The molecule has 5 nitrogen and oxygen atoms in total. The first-order valence-electron chi connectivity index (χ1n) is 8.17. The normalized spacial score (nSPS) is 21.0. The van der Waals surface area contributed by atoms with E-state index in [-0.39, 0.29) is 17.9 Å². The van der Waals surface area contributed by atoms with Crippen molar-refractivity contribution in [1.29, 1.82) is 0 Å². The van der Waals surface area contributed by atoms with Gasteiger partial charge >= 0.3 is 5.97 Å². The molecule has 1 aromatic carbocycles. The molecule has 5 heteroatoms. The Kier molecular flexibility index (Phi) is 5.64. The highest BCUT2D eigenvalue weighted by Crippen LogP contribution is 2.30. The van der Waals surface area contributed by atoms with E-state index in [0.717, 1.165) is 29.8 Å². The topological polar surface area (TPSA) is 75.6 Å². The third-order valence-corrected chi connectivity index (χ3v) is 4.20. The van der Waals surface area contributed by atoms with E-state index < -0.39 is 11.9 Å². The van der Waals surface area contributed by atoms with Crippen LogP contribution >= 0.6 is 0 Å². The first-order valence-corrected chi connectivity index (χ1v) is 8.17. The fourth-order valence-corrected chi connectivity index (χ4v) is 3.01. The molecule has 2 atom stereocenters. The number of rotatable bonds is 5. The number of nitrogens with one attached hydrogen (secondary N) is 1. The van der Waals surface area contributed by atoms with Crippen LogP contribution in [0.2, 0.25) is 0 Å². The Bertz CT molecular complexity index is 582. The van der Waals surface area contributed by atoms with Crippen LogP contribution in [-0.2, 0) is 9.59 Å². The molecule has 1 saturated carbocycles. The molecule has 2 N–H and O–H groups in total. The Morgan fingerprint density at radius 2 is 1.96 bits per heavy atom. The maximum absolute atomic E-state index is 12.4. The second kappa shape index (κ2) is 7.49. The van der Waals surface area contributed by atoms with E-state index in [9.17, 15) is 9.59 Å². The van der Waals surface area contributed by atoms with E-state index in [1.54, 1.807) is 0 Å². The van der Waals surface area contributed by atoms with Crippen LogP contribution in [0.1, 0.15) is 45.1 Å². The Balaban J connectivity index is 2.00. The van der Waals surface area contributed by atoms with Gasteiger partial charge in [-0.2, -0.15) is 0 Å². The van der Waals surface area contributed by atoms with Crippen LogP contribution in [0, 0.1) is 18.8 Å². The summed E-state index contributed by atoms with van der Waals surface area (Å²) in [7, 11) is 0. The first kappa shape index (κ1) is 17.3. The zero-order chi connectivity index (χ0) is 17.0. The Labute approximate surface area is 137 Å². The van der Waals surface area contributed by atoms with Crippen molar-refractivity contribution in [2.75, 3.05) is 5.32 Å². The Morgan fingerprint density at radius 3 is 2.57 bits per heavy atom. The molecule has 2 rings (SSSR count). The minimum Gasteiger partial charge on any atom is -0.491 e. The van der Waals surface area contributed by atoms with Crippen molar-refractivity contribution in [3.8, 4) is 5.75 Å². The molecule has 126 valence electrons. The highest BCUT2D eigenvalue weighted by atomic mass is 16.5. The summed E-state index contributed by atoms with van der Waals surface area (Å²) in [5, 5.41) is 12.0. The van der Waals surface area contributed by atoms with E-state index in [1.807, 2.05) is 39.0 Å². The van der Waals surface area contributed by atoms with Crippen LogP contribution in [0.3, 0.4) is 0 Å². The lowest BCUT2D eigenvalue weighted by Gasteiger charge is -2.25. The SMILES string of the molecule is Cc1cc(NC(=O)C2CCCC(C(=O)O)C2)ccc1OC(C)C. The molecule has 1 aromatic rings. The lowest BCUT2D eigenvalue weighted by atomic mass is 9.81. The third kappa shape index (κ3) is 4.71. The van der Waals surface area contributed by atoms with Gasteiger partial charge in [-0.05, 0) is 63.8 Å². The Hall–Kier alpha value is -2.04. The van der Waals surface area contributed by atoms with Gasteiger partial charge in [-0.1, -0.05) is 6.42 Å². The summed E-state index contributed by atoms with van der Waals surface area (Å²) in [5.41, 5.74) is 1.68. The fourth-order valence-electron chi connectivity index (χ4n) is 3.01. The van der Waals surface area contributed by atoms with E-state index in [2.05, 4.69) is 5.32 Å². The van der Waals surface area contributed by atoms with Crippen molar-refractivity contribution in [1.82, 2.24) is 0 Å². The van der Waals surface area contributed by atoms with Gasteiger partial charge in [0.2, 0.25) is 5.91 Å². The molecule has 1 aliphatic rings. The van der Waals surface area contributed by atoms with Gasteiger partial charge in [0.05, 0.1) is 12.0 Å². The molecule has 1 aliphatic carbocycles. The van der Waals surface area contributed by atoms with Crippen LogP contribution in [0.15, 0.2) is 18.2 Å². The minimum absolute atomic E-state index is 0.0899. The average molecular weight is 319 g/mol. The third-order valence-electron chi connectivity index (χ3n) is 4.20. The fraction of sp³-hybridized carbons (Fsp3) is 0.556. The molecule has 0 spiro atoms. The molecule has 0 radical (unpaired) electrons. The quantitative estimate of drug-likeness (QED) is 0.869. The number of hydrogen-bond acceptors (Lipinski definition) is 3. The number of carboxylic acids is 1. The molecule has 0 aliphatic heterocycles. The smallest absolute Gasteiger partial charge is 0.306 e. The largest absolute Gasteiger partial charge is 0.491 e. The number of benzene rings is 1. The van der Waals surface area contributed by atoms with Gasteiger partial charge in [-0.15, -0.1) is 0 Å². The molecule has 0 aromatic heterocycles. The van der Waals surface area contributed by atoms with Crippen molar-refractivity contribution in [2.45, 2.75) is 52.6 Å². The van der Waals surface area contributed by atoms with E-state index in [1.165, 1.54) is 0 Å². The summed E-state index contributed by atoms with van der Waals surface area (Å²) in [6.45, 7) is 5.88. The second-order valence-corrected chi connectivity index (χ2v) is 6.53. The molecule has 1 amide bonds. The molecule has 23 heavy (non-hydrogen) atoms. The molecular formula is C18H25NO4. The van der Waals surface area contributed by atoms with Gasteiger partial charge in [0, 0.05) is 11.6 Å². The zero-order valence-electron chi connectivity index (χ0n) is 14.0. The van der Waals surface area contributed by atoms with E-state index in [0.29, 0.717) is 12.8 Å². The lowest BCUT2D eigenvalue weighted by molar-refractivity contribution is -0.143. The number of hydrogen-bond donors (Lipinski definition) is 2. The summed E-state index contributed by atoms with van der Waals surface area (Å²) in [6.07, 6.45) is 2.73. The summed E-state index contributed by atoms with van der Waals surface area (Å²) in [5.74, 6) is -0.706. The van der Waals surface area contributed by atoms with Gasteiger partial charge < -0.3 is 15.2 Å². The van der Waals surface area contributed by atoms with Crippen LogP contribution in [0.25, 0.3) is 0 Å². The number of carbonyl (C=O) groups excluding carboxylic acids is 1. The van der Waals surface area contributed by atoms with Gasteiger partial charge in [0.1, 0.15) is 5.75 Å². The summed E-state index contributed by atoms with van der Waals surface area (Å²) >= 11 is 0. The molecule has 1 fully saturated rings. The summed E-state index contributed by atoms with van der Waals surface area (Å²) < 4.78 is 5.68. The predicted molar refractivity (Wildman–Crippen MR) is 88.7 cm³/mol. The van der Waals surface area contributed by atoms with Crippen molar-refractivity contribution < 1.29 is 19.4 Å².